The predicted octanol–water partition coefficient (Wildman–Crippen LogP) is -0.119. The Hall–Kier alpha value is -2.07. The predicted molar refractivity (Wildman–Crippen MR) is 73.9 cm³/mol. The van der Waals surface area contributed by atoms with E-state index < -0.39 is 55.4 Å². The lowest BCUT2D eigenvalue weighted by Gasteiger charge is -2.19. The van der Waals surface area contributed by atoms with E-state index in [9.17, 15) is 14.4 Å². The molecule has 0 amide bonds. The molecule has 0 aromatic heterocycles. The van der Waals surface area contributed by atoms with Crippen molar-refractivity contribution in [2.75, 3.05) is 13.2 Å². The summed E-state index contributed by atoms with van der Waals surface area (Å²) < 4.78 is 24.7. The van der Waals surface area contributed by atoms with E-state index in [1.807, 2.05) is 6.92 Å². The van der Waals surface area contributed by atoms with Crippen molar-refractivity contribution in [2.45, 2.75) is 56.7 Å². The zero-order valence-electron chi connectivity index (χ0n) is 13.1. The van der Waals surface area contributed by atoms with Crippen LogP contribution in [-0.2, 0) is 28.5 Å². The van der Waals surface area contributed by atoms with Crippen molar-refractivity contribution in [3.8, 4) is 0 Å². The van der Waals surface area contributed by atoms with Gasteiger partial charge in [-0.1, -0.05) is 6.92 Å². The van der Waals surface area contributed by atoms with Crippen LogP contribution in [0, 0.1) is 0 Å². The van der Waals surface area contributed by atoms with Gasteiger partial charge in [-0.2, -0.15) is 0 Å². The third-order valence-corrected chi connectivity index (χ3v) is 3.70. The molecule has 2 aliphatic rings. The number of hydrogen-bond donors (Lipinski definition) is 2. The molecule has 5 unspecified atom stereocenters. The molecule has 2 fully saturated rings. The number of hydrogen-bond acceptors (Lipinski definition) is 10. The molecule has 2 heterocycles. The molecule has 0 aliphatic carbocycles. The van der Waals surface area contributed by atoms with Crippen molar-refractivity contribution in [1.82, 2.24) is 0 Å². The second kappa shape index (κ2) is 8.15. The van der Waals surface area contributed by atoms with Crippen LogP contribution < -0.4 is 0 Å². The normalized spacial score (nSPS) is 30.1. The fourth-order valence-electron chi connectivity index (χ4n) is 2.47. The number of esters is 1. The van der Waals surface area contributed by atoms with Gasteiger partial charge >= 0.3 is 18.3 Å². The molecule has 5 atom stereocenters. The molecule has 0 radical (unpaired) electrons. The average molecular weight is 348 g/mol. The van der Waals surface area contributed by atoms with Crippen LogP contribution in [0.4, 0.5) is 9.59 Å². The van der Waals surface area contributed by atoms with E-state index >= 15 is 0 Å². The van der Waals surface area contributed by atoms with Crippen LogP contribution in [0.3, 0.4) is 0 Å². The molecular weight excluding hydrogens is 328 g/mol. The van der Waals surface area contributed by atoms with Gasteiger partial charge in [0.1, 0.15) is 31.0 Å². The van der Waals surface area contributed by atoms with E-state index in [2.05, 4.69) is 0 Å². The molecule has 2 rings (SSSR count). The molecule has 2 aliphatic heterocycles. The minimum atomic E-state index is -1.17. The Morgan fingerprint density at radius 1 is 1.08 bits per heavy atom. The Labute approximate surface area is 137 Å². The van der Waals surface area contributed by atoms with E-state index in [0.717, 1.165) is 0 Å². The minimum absolute atomic E-state index is 0.132. The molecular formula is C14H20O10. The van der Waals surface area contributed by atoms with Crippen molar-refractivity contribution >= 4 is 18.3 Å². The zero-order valence-corrected chi connectivity index (χ0v) is 13.1. The lowest BCUT2D eigenvalue weighted by atomic mass is 10.00. The lowest BCUT2D eigenvalue weighted by Crippen LogP contribution is -2.34. The van der Waals surface area contributed by atoms with Crippen LogP contribution in [0.5, 0.6) is 0 Å². The molecule has 0 aromatic carbocycles. The van der Waals surface area contributed by atoms with Gasteiger partial charge in [0.05, 0.1) is 13.0 Å². The smallest absolute Gasteiger partial charge is 0.463 e. The molecule has 0 bridgehead atoms. The number of carbonyl (C=O) groups is 3. The topological polar surface area (TPSA) is 138 Å². The standard InChI is InChI=1S/C14H20O10/c1-2-8-9(22-13(18)21-8)3-10-11(24-14(19)23-10)4-12(17)20-6-7(16)5-15/h7-11,15-16H,2-6H2,1H3. The second-order valence-corrected chi connectivity index (χ2v) is 5.49. The molecule has 2 N–H and O–H groups in total. The quantitative estimate of drug-likeness (QED) is 0.451. The zero-order chi connectivity index (χ0) is 17.7. The maximum Gasteiger partial charge on any atom is 0.509 e. The summed E-state index contributed by atoms with van der Waals surface area (Å²) in [4.78, 5) is 34.2. The number of aliphatic hydroxyl groups excluding tert-OH is 2. The number of ether oxygens (including phenoxy) is 5. The van der Waals surface area contributed by atoms with Gasteiger partial charge in [-0.15, -0.1) is 0 Å². The van der Waals surface area contributed by atoms with Gasteiger partial charge in [0.25, 0.3) is 0 Å². The summed E-state index contributed by atoms with van der Waals surface area (Å²) in [7, 11) is 0. The van der Waals surface area contributed by atoms with Crippen LogP contribution in [-0.4, -0.2) is 72.2 Å². The van der Waals surface area contributed by atoms with Gasteiger partial charge in [0.15, 0.2) is 6.10 Å². The van der Waals surface area contributed by atoms with E-state index in [1.54, 1.807) is 0 Å². The molecule has 2 saturated heterocycles. The lowest BCUT2D eigenvalue weighted by molar-refractivity contribution is -0.149. The fraction of sp³-hybridized carbons (Fsp3) is 0.786. The number of rotatable bonds is 8. The third-order valence-electron chi connectivity index (χ3n) is 3.70. The van der Waals surface area contributed by atoms with Gasteiger partial charge in [0.2, 0.25) is 0 Å². The number of cyclic esters (lactones) is 4. The van der Waals surface area contributed by atoms with Crippen molar-refractivity contribution < 1.29 is 48.3 Å². The Kier molecular flexibility index (Phi) is 6.21. The minimum Gasteiger partial charge on any atom is -0.463 e. The molecule has 0 aromatic rings. The molecule has 0 saturated carbocycles. The summed E-state index contributed by atoms with van der Waals surface area (Å²) >= 11 is 0. The van der Waals surface area contributed by atoms with Gasteiger partial charge in [-0.05, 0) is 6.42 Å². The monoisotopic (exact) mass is 348 g/mol. The molecule has 0 spiro atoms. The first kappa shape index (κ1) is 18.3. The Balaban J connectivity index is 1.88. The molecule has 24 heavy (non-hydrogen) atoms. The fourth-order valence-corrected chi connectivity index (χ4v) is 2.47. The summed E-state index contributed by atoms with van der Waals surface area (Å²) in [6.45, 7) is 0.911. The van der Waals surface area contributed by atoms with Gasteiger partial charge in [0, 0.05) is 6.42 Å². The number of aliphatic hydroxyl groups is 2. The van der Waals surface area contributed by atoms with E-state index in [4.69, 9.17) is 33.9 Å². The van der Waals surface area contributed by atoms with Crippen LogP contribution in [0.25, 0.3) is 0 Å². The summed E-state index contributed by atoms with van der Waals surface area (Å²) in [5, 5.41) is 17.8. The summed E-state index contributed by atoms with van der Waals surface area (Å²) in [6.07, 6.45) is -5.25. The highest BCUT2D eigenvalue weighted by molar-refractivity contribution is 5.72. The number of carbonyl (C=O) groups excluding carboxylic acids is 3. The summed E-state index contributed by atoms with van der Waals surface area (Å²) in [5.41, 5.74) is 0. The first-order valence-electron chi connectivity index (χ1n) is 7.62. The van der Waals surface area contributed by atoms with Gasteiger partial charge in [-0.25, -0.2) is 9.59 Å². The van der Waals surface area contributed by atoms with Gasteiger partial charge < -0.3 is 33.9 Å². The Morgan fingerprint density at radius 2 is 1.62 bits per heavy atom. The van der Waals surface area contributed by atoms with Crippen molar-refractivity contribution in [1.29, 1.82) is 0 Å². The van der Waals surface area contributed by atoms with Crippen LogP contribution in [0.2, 0.25) is 0 Å². The van der Waals surface area contributed by atoms with E-state index in [1.165, 1.54) is 0 Å². The average Bonchev–Trinajstić information content (AvgIpc) is 3.07. The second-order valence-electron chi connectivity index (χ2n) is 5.49. The third kappa shape index (κ3) is 4.71. The molecule has 136 valence electrons. The van der Waals surface area contributed by atoms with E-state index in [0.29, 0.717) is 6.42 Å². The van der Waals surface area contributed by atoms with Crippen molar-refractivity contribution in [3.63, 3.8) is 0 Å². The van der Waals surface area contributed by atoms with Crippen molar-refractivity contribution in [3.05, 3.63) is 0 Å². The highest BCUT2D eigenvalue weighted by Crippen LogP contribution is 2.28. The first-order valence-corrected chi connectivity index (χ1v) is 7.62. The van der Waals surface area contributed by atoms with Gasteiger partial charge in [-0.3, -0.25) is 4.79 Å². The van der Waals surface area contributed by atoms with Crippen LogP contribution >= 0.6 is 0 Å². The maximum atomic E-state index is 11.7. The molecule has 10 heteroatoms. The summed E-state index contributed by atoms with van der Waals surface area (Å²) in [5.74, 6) is -0.720. The SMILES string of the molecule is CCC1OC(=O)OC1CC1OC(=O)OC1CC(=O)OCC(O)CO. The van der Waals surface area contributed by atoms with Crippen LogP contribution in [0.15, 0.2) is 0 Å². The largest absolute Gasteiger partial charge is 0.509 e. The maximum absolute atomic E-state index is 11.7. The first-order chi connectivity index (χ1) is 11.4. The summed E-state index contributed by atoms with van der Waals surface area (Å²) in [6, 6.07) is 0. The Morgan fingerprint density at radius 3 is 2.21 bits per heavy atom. The van der Waals surface area contributed by atoms with Crippen molar-refractivity contribution in [2.24, 2.45) is 0 Å². The van der Waals surface area contributed by atoms with Crippen LogP contribution in [0.1, 0.15) is 26.2 Å². The highest BCUT2D eigenvalue weighted by Gasteiger charge is 2.44. The highest BCUT2D eigenvalue weighted by atomic mass is 16.8. The Bertz CT molecular complexity index is 478. The molecule has 10 nitrogen and oxygen atoms in total. The van der Waals surface area contributed by atoms with E-state index in [-0.39, 0.29) is 19.4 Å².